The minimum atomic E-state index is 0.642. The van der Waals surface area contributed by atoms with Crippen LogP contribution >= 0.6 is 0 Å². The molecule has 2 nitrogen and oxygen atoms in total. The van der Waals surface area contributed by atoms with Gasteiger partial charge in [0, 0.05) is 25.5 Å². The molecule has 0 aromatic rings. The van der Waals surface area contributed by atoms with Gasteiger partial charge >= 0.3 is 0 Å². The molecule has 1 unspecified atom stereocenters. The molecule has 2 heteroatoms. The maximum Gasteiger partial charge on any atom is 0.101 e. The van der Waals surface area contributed by atoms with Crippen molar-refractivity contribution >= 4 is 0 Å². The van der Waals surface area contributed by atoms with E-state index in [9.17, 15) is 0 Å². The van der Waals surface area contributed by atoms with Crippen molar-refractivity contribution in [2.75, 3.05) is 13.1 Å². The van der Waals surface area contributed by atoms with Gasteiger partial charge in [0.2, 0.25) is 0 Å². The largest absolute Gasteiger partial charge is 0.356 e. The molecule has 0 N–H and O–H groups in total. The highest BCUT2D eigenvalue weighted by atomic mass is 15.4. The number of hydrogen-bond acceptors (Lipinski definition) is 2. The van der Waals surface area contributed by atoms with Gasteiger partial charge in [-0.25, -0.2) is 0 Å². The van der Waals surface area contributed by atoms with Crippen LogP contribution in [0.2, 0.25) is 0 Å². The van der Waals surface area contributed by atoms with Crippen LogP contribution < -0.4 is 0 Å². The SMILES string of the molecule is CCCCCCCCCCCCN1C=CN(CCCCCCCC)C1CCCCCCCCCCC. The van der Waals surface area contributed by atoms with Crippen molar-refractivity contribution in [1.82, 2.24) is 9.80 Å². The Kier molecular flexibility index (Phi) is 24.1. The molecule has 1 heterocycles. The fraction of sp³-hybridized carbons (Fsp3) is 0.941. The van der Waals surface area contributed by atoms with Crippen molar-refractivity contribution in [3.8, 4) is 0 Å². The molecular formula is C34H68N2. The van der Waals surface area contributed by atoms with Gasteiger partial charge in [-0.3, -0.25) is 0 Å². The number of unbranched alkanes of at least 4 members (excludes halogenated alkanes) is 22. The second kappa shape index (κ2) is 26.0. The Bertz CT molecular complexity index is 460. The first-order valence-electron chi connectivity index (χ1n) is 17.0. The van der Waals surface area contributed by atoms with E-state index in [1.165, 1.54) is 180 Å². The first-order chi connectivity index (χ1) is 17.8. The van der Waals surface area contributed by atoms with Crippen LogP contribution in [0, 0.1) is 0 Å². The molecule has 0 bridgehead atoms. The average molecular weight is 505 g/mol. The molecule has 0 saturated carbocycles. The predicted molar refractivity (Wildman–Crippen MR) is 163 cm³/mol. The van der Waals surface area contributed by atoms with Crippen LogP contribution in [-0.2, 0) is 0 Å². The summed E-state index contributed by atoms with van der Waals surface area (Å²) in [6, 6.07) is 0. The third-order valence-corrected chi connectivity index (χ3v) is 8.32. The molecule has 1 aliphatic rings. The van der Waals surface area contributed by atoms with E-state index in [0.717, 1.165) is 0 Å². The van der Waals surface area contributed by atoms with Gasteiger partial charge in [-0.1, -0.05) is 162 Å². The molecule has 0 spiro atoms. The summed E-state index contributed by atoms with van der Waals surface area (Å²) in [4.78, 5) is 5.40. The normalized spacial score (nSPS) is 15.5. The van der Waals surface area contributed by atoms with Crippen LogP contribution in [0.25, 0.3) is 0 Å². The summed E-state index contributed by atoms with van der Waals surface area (Å²) in [7, 11) is 0. The van der Waals surface area contributed by atoms with Crippen molar-refractivity contribution < 1.29 is 0 Å². The van der Waals surface area contributed by atoms with Crippen LogP contribution in [0.3, 0.4) is 0 Å². The Hall–Kier alpha value is -0.660. The summed E-state index contributed by atoms with van der Waals surface area (Å²) in [6.07, 6.45) is 42.5. The second-order valence-electron chi connectivity index (χ2n) is 11.8. The Morgan fingerprint density at radius 1 is 0.361 bits per heavy atom. The van der Waals surface area contributed by atoms with Gasteiger partial charge in [0.05, 0.1) is 0 Å². The molecule has 0 radical (unpaired) electrons. The highest BCUT2D eigenvalue weighted by Gasteiger charge is 2.24. The van der Waals surface area contributed by atoms with E-state index >= 15 is 0 Å². The summed E-state index contributed by atoms with van der Waals surface area (Å²) >= 11 is 0. The van der Waals surface area contributed by atoms with E-state index in [-0.39, 0.29) is 0 Å². The molecule has 0 fully saturated rings. The number of nitrogens with zero attached hydrogens (tertiary/aromatic N) is 2. The Labute approximate surface area is 229 Å². The van der Waals surface area contributed by atoms with Crippen molar-refractivity contribution in [2.24, 2.45) is 0 Å². The molecular weight excluding hydrogens is 436 g/mol. The molecule has 1 atom stereocenters. The first-order valence-corrected chi connectivity index (χ1v) is 17.0. The Morgan fingerprint density at radius 3 is 0.972 bits per heavy atom. The average Bonchev–Trinajstić information content (AvgIpc) is 3.27. The molecule has 214 valence electrons. The van der Waals surface area contributed by atoms with E-state index in [1.54, 1.807) is 0 Å². The standard InChI is InChI=1S/C34H68N2/c1-4-7-10-13-16-18-20-22-25-28-31-36-33-32-35(30-27-24-15-12-9-6-3)34(36)29-26-23-21-19-17-14-11-8-5-2/h32-34H,4-31H2,1-3H3. The Balaban J connectivity index is 2.24. The van der Waals surface area contributed by atoms with Gasteiger partial charge in [0.15, 0.2) is 0 Å². The fourth-order valence-electron chi connectivity index (χ4n) is 5.83. The summed E-state index contributed by atoms with van der Waals surface area (Å²) in [6.45, 7) is 9.47. The van der Waals surface area contributed by atoms with Gasteiger partial charge in [-0.15, -0.1) is 0 Å². The third-order valence-electron chi connectivity index (χ3n) is 8.32. The molecule has 1 rings (SSSR count). The van der Waals surface area contributed by atoms with E-state index in [0.29, 0.717) is 6.17 Å². The van der Waals surface area contributed by atoms with Crippen molar-refractivity contribution in [3.63, 3.8) is 0 Å². The Morgan fingerprint density at radius 2 is 0.639 bits per heavy atom. The first kappa shape index (κ1) is 33.4. The minimum Gasteiger partial charge on any atom is -0.356 e. The topological polar surface area (TPSA) is 6.48 Å². The van der Waals surface area contributed by atoms with E-state index in [4.69, 9.17) is 0 Å². The molecule has 0 aromatic heterocycles. The zero-order valence-corrected chi connectivity index (χ0v) is 25.4. The highest BCUT2D eigenvalue weighted by Crippen LogP contribution is 2.24. The monoisotopic (exact) mass is 505 g/mol. The fourth-order valence-corrected chi connectivity index (χ4v) is 5.83. The summed E-state index contributed by atoms with van der Waals surface area (Å²) in [5, 5.41) is 0. The molecule has 36 heavy (non-hydrogen) atoms. The van der Waals surface area contributed by atoms with Gasteiger partial charge in [-0.2, -0.15) is 0 Å². The lowest BCUT2D eigenvalue weighted by atomic mass is 10.0. The highest BCUT2D eigenvalue weighted by molar-refractivity contribution is 4.97. The van der Waals surface area contributed by atoms with Crippen LogP contribution in [0.5, 0.6) is 0 Å². The smallest absolute Gasteiger partial charge is 0.101 e. The van der Waals surface area contributed by atoms with Gasteiger partial charge < -0.3 is 9.80 Å². The molecule has 0 amide bonds. The maximum atomic E-state index is 2.70. The summed E-state index contributed by atoms with van der Waals surface area (Å²) in [5.74, 6) is 0. The van der Waals surface area contributed by atoms with Crippen LogP contribution in [0.4, 0.5) is 0 Å². The van der Waals surface area contributed by atoms with Gasteiger partial charge in [0.25, 0.3) is 0 Å². The molecule has 0 aliphatic carbocycles. The van der Waals surface area contributed by atoms with Crippen LogP contribution in [0.1, 0.15) is 188 Å². The summed E-state index contributed by atoms with van der Waals surface area (Å²) < 4.78 is 0. The zero-order valence-electron chi connectivity index (χ0n) is 25.4. The summed E-state index contributed by atoms with van der Waals surface area (Å²) in [5.41, 5.74) is 0. The van der Waals surface area contributed by atoms with Crippen molar-refractivity contribution in [2.45, 2.75) is 194 Å². The maximum absolute atomic E-state index is 2.70. The van der Waals surface area contributed by atoms with Gasteiger partial charge in [-0.05, 0) is 25.7 Å². The second-order valence-corrected chi connectivity index (χ2v) is 11.8. The lowest BCUT2D eigenvalue weighted by molar-refractivity contribution is 0.135. The quantitative estimate of drug-likeness (QED) is 0.0977. The van der Waals surface area contributed by atoms with E-state index in [1.807, 2.05) is 0 Å². The molecule has 0 aromatic carbocycles. The van der Waals surface area contributed by atoms with Crippen molar-refractivity contribution in [1.29, 1.82) is 0 Å². The minimum absolute atomic E-state index is 0.642. The van der Waals surface area contributed by atoms with Crippen molar-refractivity contribution in [3.05, 3.63) is 12.4 Å². The van der Waals surface area contributed by atoms with E-state index < -0.39 is 0 Å². The zero-order chi connectivity index (χ0) is 25.9. The lowest BCUT2D eigenvalue weighted by Crippen LogP contribution is -2.39. The van der Waals surface area contributed by atoms with Gasteiger partial charge in [0.1, 0.15) is 6.17 Å². The van der Waals surface area contributed by atoms with Crippen LogP contribution in [-0.4, -0.2) is 29.1 Å². The molecule has 0 saturated heterocycles. The van der Waals surface area contributed by atoms with E-state index in [2.05, 4.69) is 43.0 Å². The number of rotatable bonds is 28. The number of hydrogen-bond donors (Lipinski definition) is 0. The lowest BCUT2D eigenvalue weighted by Gasteiger charge is -2.33. The molecule has 1 aliphatic heterocycles. The third kappa shape index (κ3) is 18.6. The van der Waals surface area contributed by atoms with Crippen LogP contribution in [0.15, 0.2) is 12.4 Å². The predicted octanol–water partition coefficient (Wildman–Crippen LogP) is 11.6.